The number of hydrogen-bond donors (Lipinski definition) is 6. The van der Waals surface area contributed by atoms with Crippen LogP contribution < -0.4 is 27.4 Å². The van der Waals surface area contributed by atoms with Gasteiger partial charge in [-0.05, 0) is 104 Å². The summed E-state index contributed by atoms with van der Waals surface area (Å²) in [7, 11) is 1.30. The zero-order valence-corrected chi connectivity index (χ0v) is 30.7. The van der Waals surface area contributed by atoms with Crippen LogP contribution in [0.3, 0.4) is 0 Å². The van der Waals surface area contributed by atoms with Crippen LogP contribution in [-0.2, 0) is 41.6 Å². The Bertz CT molecular complexity index is 1550. The summed E-state index contributed by atoms with van der Waals surface area (Å²) in [6.07, 6.45) is 6.05. The number of phenolic OH excluding ortho intramolecular Hbond substituents is 1. The third kappa shape index (κ3) is 8.70. The maximum Gasteiger partial charge on any atom is 0.327 e. The second-order valence-corrected chi connectivity index (χ2v) is 15.2. The minimum atomic E-state index is -1.49. The molecule has 0 aromatic heterocycles. The SMILES string of the molecule is COC(=O)C1(N)C2CC3CC(C2)CC1(C(=O)[C@H](Cc1ccccc1)NC(=O)CNC(=O)[C@@H](CCSC)NC(=O)[C@@H](N)Cc1ccc(O)cc1)C3.Cl. The lowest BCUT2D eigenvalue weighted by atomic mass is 9.40. The van der Waals surface area contributed by atoms with Crippen LogP contribution in [0.4, 0.5) is 0 Å². The van der Waals surface area contributed by atoms with Crippen molar-refractivity contribution in [1.29, 1.82) is 0 Å². The fourth-order valence-electron chi connectivity index (χ4n) is 8.69. The van der Waals surface area contributed by atoms with Crippen LogP contribution in [0.5, 0.6) is 5.75 Å². The molecule has 3 unspecified atom stereocenters. The molecule has 4 fully saturated rings. The van der Waals surface area contributed by atoms with Gasteiger partial charge in [0.25, 0.3) is 0 Å². The van der Waals surface area contributed by atoms with Gasteiger partial charge in [0.2, 0.25) is 17.7 Å². The van der Waals surface area contributed by atoms with Gasteiger partial charge in [0.05, 0.1) is 31.2 Å². The Kier molecular flexibility index (Phi) is 13.6. The van der Waals surface area contributed by atoms with Gasteiger partial charge >= 0.3 is 5.97 Å². The smallest absolute Gasteiger partial charge is 0.327 e. The van der Waals surface area contributed by atoms with Crippen molar-refractivity contribution < 1.29 is 33.8 Å². The molecule has 0 radical (unpaired) electrons. The summed E-state index contributed by atoms with van der Waals surface area (Å²) < 4.78 is 5.23. The predicted molar refractivity (Wildman–Crippen MR) is 197 cm³/mol. The van der Waals surface area contributed by atoms with Crippen LogP contribution in [0, 0.1) is 23.2 Å². The number of Topliss-reactive ketones (excluding diaryl/α,β-unsaturated/α-hetero) is 1. The number of carbonyl (C=O) groups is 5. The molecule has 14 heteroatoms. The van der Waals surface area contributed by atoms with E-state index in [9.17, 15) is 29.1 Å². The van der Waals surface area contributed by atoms with E-state index in [0.717, 1.165) is 30.4 Å². The lowest BCUT2D eigenvalue weighted by Crippen LogP contribution is -2.77. The Morgan fingerprint density at radius 2 is 1.53 bits per heavy atom. The summed E-state index contributed by atoms with van der Waals surface area (Å²) in [5, 5.41) is 17.7. The van der Waals surface area contributed by atoms with Crippen LogP contribution in [0.1, 0.15) is 49.7 Å². The Labute approximate surface area is 309 Å². The van der Waals surface area contributed by atoms with Crippen LogP contribution in [-0.4, -0.2) is 83.9 Å². The summed E-state index contributed by atoms with van der Waals surface area (Å²) in [6, 6.07) is 12.8. The number of methoxy groups -OCH3 is 1. The second-order valence-electron chi connectivity index (χ2n) is 14.2. The summed E-state index contributed by atoms with van der Waals surface area (Å²) in [6.45, 7) is -0.436. The van der Waals surface area contributed by atoms with Gasteiger partial charge in [-0.2, -0.15) is 11.8 Å². The molecule has 4 saturated carbocycles. The average molecular weight is 744 g/mol. The number of ether oxygens (including phenoxy) is 1. The van der Waals surface area contributed by atoms with Gasteiger partial charge in [0.15, 0.2) is 5.78 Å². The zero-order valence-electron chi connectivity index (χ0n) is 29.1. The molecule has 6 atom stereocenters. The number of hydrogen-bond acceptors (Lipinski definition) is 10. The Morgan fingerprint density at radius 3 is 2.14 bits per heavy atom. The highest BCUT2D eigenvalue weighted by Gasteiger charge is 2.71. The first-order chi connectivity index (χ1) is 23.9. The quantitative estimate of drug-likeness (QED) is 0.138. The molecular formula is C37H50ClN5O7S. The Hall–Kier alpha value is -3.65. The van der Waals surface area contributed by atoms with Crippen molar-refractivity contribution in [2.24, 2.45) is 34.6 Å². The summed E-state index contributed by atoms with van der Waals surface area (Å²) >= 11 is 1.50. The zero-order chi connectivity index (χ0) is 36.1. The standard InChI is InChI=1S/C37H49N5O7S.ClH/c1-49-35(48)37(39)26-15-24-14-25(16-26)20-36(37,19-24)32(45)30(18-22-6-4-3-5-7-22)41-31(44)21-40-34(47)29(12-13-50-2)42-33(46)28(38)17-23-8-10-27(43)11-9-23;/h3-11,24-26,28-30,43H,12-21,38-39H2,1-2H3,(H,40,47)(H,41,44)(H,42,46);1H/t24?,25?,26?,28-,29+,30-,36?,37?;/m0./s1. The normalized spacial score (nSPS) is 26.2. The maximum atomic E-state index is 14.8. The van der Waals surface area contributed by atoms with Crippen molar-refractivity contribution in [3.05, 3.63) is 65.7 Å². The molecule has 0 spiro atoms. The van der Waals surface area contributed by atoms with E-state index < -0.39 is 59.3 Å². The monoisotopic (exact) mass is 743 g/mol. The Balaban J connectivity index is 0.00000583. The number of aromatic hydroxyl groups is 1. The fourth-order valence-corrected chi connectivity index (χ4v) is 9.17. The molecule has 12 nitrogen and oxygen atoms in total. The Morgan fingerprint density at radius 1 is 0.902 bits per heavy atom. The third-order valence-corrected chi connectivity index (χ3v) is 11.6. The molecule has 0 aliphatic heterocycles. The van der Waals surface area contributed by atoms with Crippen LogP contribution in [0.2, 0.25) is 0 Å². The first-order valence-electron chi connectivity index (χ1n) is 17.3. The molecule has 4 aliphatic rings. The van der Waals surface area contributed by atoms with Gasteiger partial charge in [-0.1, -0.05) is 42.5 Å². The molecule has 6 rings (SSSR count). The van der Waals surface area contributed by atoms with Crippen molar-refractivity contribution >= 4 is 53.6 Å². The number of nitrogens with two attached hydrogens (primary N) is 2. The molecule has 2 aromatic carbocycles. The summed E-state index contributed by atoms with van der Waals surface area (Å²) in [5.74, 6) is -1.51. The van der Waals surface area contributed by atoms with Crippen molar-refractivity contribution in [3.63, 3.8) is 0 Å². The van der Waals surface area contributed by atoms with Gasteiger partial charge < -0.3 is 37.3 Å². The number of phenols is 1. The number of halogens is 1. The molecule has 8 N–H and O–H groups in total. The lowest BCUT2D eigenvalue weighted by Gasteiger charge is -2.64. The van der Waals surface area contributed by atoms with Gasteiger partial charge in [-0.25, -0.2) is 0 Å². The highest BCUT2D eigenvalue weighted by molar-refractivity contribution is 7.98. The molecule has 0 heterocycles. The summed E-state index contributed by atoms with van der Waals surface area (Å²) in [4.78, 5) is 68.0. The first-order valence-corrected chi connectivity index (χ1v) is 18.6. The number of carbonyl (C=O) groups excluding carboxylic acids is 5. The maximum absolute atomic E-state index is 14.8. The predicted octanol–water partition coefficient (Wildman–Crippen LogP) is 2.03. The molecule has 4 bridgehead atoms. The molecule has 278 valence electrons. The average Bonchev–Trinajstić information content (AvgIpc) is 3.11. The van der Waals surface area contributed by atoms with Crippen molar-refractivity contribution in [2.75, 3.05) is 25.7 Å². The van der Waals surface area contributed by atoms with Gasteiger partial charge in [0, 0.05) is 0 Å². The molecule has 4 aliphatic carbocycles. The number of rotatable bonds is 16. The number of thioether (sulfide) groups is 1. The van der Waals surface area contributed by atoms with E-state index in [0.29, 0.717) is 25.0 Å². The lowest BCUT2D eigenvalue weighted by molar-refractivity contribution is -0.186. The number of amides is 3. The molecule has 2 aromatic rings. The minimum absolute atomic E-state index is 0. The molecule has 0 saturated heterocycles. The largest absolute Gasteiger partial charge is 0.508 e. The van der Waals surface area contributed by atoms with Crippen LogP contribution >= 0.6 is 24.2 Å². The second kappa shape index (κ2) is 17.2. The van der Waals surface area contributed by atoms with E-state index in [1.165, 1.54) is 31.0 Å². The third-order valence-electron chi connectivity index (χ3n) is 10.9. The number of benzene rings is 2. The highest BCUT2D eigenvalue weighted by Crippen LogP contribution is 2.64. The van der Waals surface area contributed by atoms with Crippen molar-refractivity contribution in [2.45, 2.75) is 75.0 Å². The minimum Gasteiger partial charge on any atom is -0.508 e. The first kappa shape index (κ1) is 40.1. The molecule has 51 heavy (non-hydrogen) atoms. The van der Waals surface area contributed by atoms with E-state index in [1.807, 2.05) is 36.6 Å². The van der Waals surface area contributed by atoms with Gasteiger partial charge in [-0.15, -0.1) is 12.4 Å². The summed E-state index contributed by atoms with van der Waals surface area (Å²) in [5.41, 5.74) is 12.0. The van der Waals surface area contributed by atoms with Crippen LogP contribution in [0.15, 0.2) is 54.6 Å². The van der Waals surface area contributed by atoms with Crippen LogP contribution in [0.25, 0.3) is 0 Å². The van der Waals surface area contributed by atoms with E-state index in [-0.39, 0.29) is 54.5 Å². The van der Waals surface area contributed by atoms with E-state index in [2.05, 4.69) is 16.0 Å². The molecule has 3 amide bonds. The van der Waals surface area contributed by atoms with Crippen molar-refractivity contribution in [1.82, 2.24) is 16.0 Å². The fraction of sp³-hybridized carbons (Fsp3) is 0.541. The highest BCUT2D eigenvalue weighted by atomic mass is 35.5. The van der Waals surface area contributed by atoms with E-state index in [1.54, 1.807) is 12.1 Å². The topological polar surface area (TPSA) is 203 Å². The van der Waals surface area contributed by atoms with E-state index in [4.69, 9.17) is 16.2 Å². The van der Waals surface area contributed by atoms with Gasteiger partial charge in [-0.3, -0.25) is 24.0 Å². The number of esters is 1. The number of nitrogens with one attached hydrogen (secondary N) is 3. The number of ketones is 1. The van der Waals surface area contributed by atoms with Gasteiger partial charge in [0.1, 0.15) is 17.3 Å². The van der Waals surface area contributed by atoms with Crippen molar-refractivity contribution in [3.8, 4) is 5.75 Å². The molecular weight excluding hydrogens is 694 g/mol. The van der Waals surface area contributed by atoms with E-state index >= 15 is 0 Å².